The predicted octanol–water partition coefficient (Wildman–Crippen LogP) is 4.37. The van der Waals surface area contributed by atoms with Crippen LogP contribution in [0, 0.1) is 11.3 Å². The van der Waals surface area contributed by atoms with Crippen LogP contribution in [0.4, 0.5) is 0 Å². The van der Waals surface area contributed by atoms with Crippen LogP contribution in [0.5, 0.6) is 0 Å². The lowest BCUT2D eigenvalue weighted by molar-refractivity contribution is -0.114. The van der Waals surface area contributed by atoms with E-state index in [4.69, 9.17) is 38.6 Å². The third-order valence-electron chi connectivity index (χ3n) is 4.41. The van der Waals surface area contributed by atoms with Gasteiger partial charge in [-0.1, -0.05) is 35.3 Å². The number of hydrogen-bond acceptors (Lipinski definition) is 5. The van der Waals surface area contributed by atoms with E-state index in [2.05, 4.69) is 0 Å². The van der Waals surface area contributed by atoms with Gasteiger partial charge in [-0.15, -0.1) is 0 Å². The first kappa shape index (κ1) is 23.6. The Labute approximate surface area is 195 Å². The standard InChI is InChI=1S/C22H17Cl2N3O4S/c23-17-3-1-15(2-4-17)13-27(32(29,30)21-9-5-18(24)6-10-21)14-20-8-7-19(31-20)11-16(12-25)22(26)28/h1-11H,13-14H2,(H2,26,28)/b16-11-. The molecular formula is C22H17Cl2N3O4S. The maximum atomic E-state index is 13.3. The minimum absolute atomic E-state index is 0.0543. The molecule has 0 spiro atoms. The van der Waals surface area contributed by atoms with Gasteiger partial charge in [-0.3, -0.25) is 4.79 Å². The molecule has 2 aromatic carbocycles. The molecule has 1 aromatic heterocycles. The first-order chi connectivity index (χ1) is 15.2. The number of amides is 1. The molecule has 0 saturated heterocycles. The van der Waals surface area contributed by atoms with Crippen molar-refractivity contribution in [2.45, 2.75) is 18.0 Å². The molecule has 7 nitrogen and oxygen atoms in total. The summed E-state index contributed by atoms with van der Waals surface area (Å²) in [4.78, 5) is 11.3. The van der Waals surface area contributed by atoms with E-state index >= 15 is 0 Å². The van der Waals surface area contributed by atoms with Crippen molar-refractivity contribution in [1.29, 1.82) is 5.26 Å². The SMILES string of the molecule is N#C/C(=C/c1ccc(CN(Cc2ccc(Cl)cc2)S(=O)(=O)c2ccc(Cl)cc2)o1)C(N)=O. The van der Waals surface area contributed by atoms with Gasteiger partial charge in [0.05, 0.1) is 11.4 Å². The lowest BCUT2D eigenvalue weighted by Gasteiger charge is -2.21. The second kappa shape index (κ2) is 10.0. The maximum absolute atomic E-state index is 13.3. The highest BCUT2D eigenvalue weighted by Gasteiger charge is 2.26. The van der Waals surface area contributed by atoms with Gasteiger partial charge in [-0.2, -0.15) is 9.57 Å². The average molecular weight is 490 g/mol. The van der Waals surface area contributed by atoms with Crippen LogP contribution >= 0.6 is 23.2 Å². The van der Waals surface area contributed by atoms with Gasteiger partial charge in [0.1, 0.15) is 23.2 Å². The molecule has 0 radical (unpaired) electrons. The highest BCUT2D eigenvalue weighted by molar-refractivity contribution is 7.89. The predicted molar refractivity (Wildman–Crippen MR) is 121 cm³/mol. The molecule has 0 fully saturated rings. The number of rotatable bonds is 8. The average Bonchev–Trinajstić information content (AvgIpc) is 3.20. The number of hydrogen-bond donors (Lipinski definition) is 1. The van der Waals surface area contributed by atoms with Crippen LogP contribution in [0.1, 0.15) is 17.1 Å². The van der Waals surface area contributed by atoms with Gasteiger partial charge in [0.2, 0.25) is 10.0 Å². The monoisotopic (exact) mass is 489 g/mol. The molecule has 0 saturated carbocycles. The number of furan rings is 1. The highest BCUT2D eigenvalue weighted by Crippen LogP contribution is 2.24. The third kappa shape index (κ3) is 5.78. The third-order valence-corrected chi connectivity index (χ3v) is 6.72. The van der Waals surface area contributed by atoms with Crippen molar-refractivity contribution in [1.82, 2.24) is 4.31 Å². The zero-order chi connectivity index (χ0) is 23.3. The molecule has 0 aliphatic carbocycles. The molecule has 0 atom stereocenters. The first-order valence-corrected chi connectivity index (χ1v) is 11.4. The van der Waals surface area contributed by atoms with Crippen LogP contribution < -0.4 is 5.73 Å². The summed E-state index contributed by atoms with van der Waals surface area (Å²) in [6.45, 7) is -0.0430. The van der Waals surface area contributed by atoms with Crippen molar-refractivity contribution in [2.24, 2.45) is 5.73 Å². The van der Waals surface area contributed by atoms with Gasteiger partial charge < -0.3 is 10.2 Å². The Bertz CT molecular complexity index is 1290. The lowest BCUT2D eigenvalue weighted by atomic mass is 10.2. The Balaban J connectivity index is 1.94. The van der Waals surface area contributed by atoms with Crippen molar-refractivity contribution < 1.29 is 17.6 Å². The number of carbonyl (C=O) groups is 1. The Hall–Kier alpha value is -3.09. The molecule has 164 valence electrons. The van der Waals surface area contributed by atoms with E-state index in [9.17, 15) is 13.2 Å². The van der Waals surface area contributed by atoms with Crippen LogP contribution in [0.2, 0.25) is 10.0 Å². The van der Waals surface area contributed by atoms with E-state index in [1.807, 2.05) is 0 Å². The number of benzene rings is 2. The van der Waals surface area contributed by atoms with E-state index < -0.39 is 15.9 Å². The molecule has 0 aliphatic rings. The molecule has 0 bridgehead atoms. The summed E-state index contributed by atoms with van der Waals surface area (Å²) in [5.74, 6) is -0.379. The number of carbonyl (C=O) groups excluding carboxylic acids is 1. The van der Waals surface area contributed by atoms with Gasteiger partial charge in [0.25, 0.3) is 5.91 Å². The number of primary amides is 1. The van der Waals surface area contributed by atoms with Crippen molar-refractivity contribution >= 4 is 45.2 Å². The second-order valence-corrected chi connectivity index (χ2v) is 9.50. The van der Waals surface area contributed by atoms with Gasteiger partial charge >= 0.3 is 0 Å². The van der Waals surface area contributed by atoms with Crippen molar-refractivity contribution in [2.75, 3.05) is 0 Å². The van der Waals surface area contributed by atoms with Crippen molar-refractivity contribution in [3.05, 3.63) is 93.4 Å². The molecule has 3 aromatic rings. The Morgan fingerprint density at radius 2 is 1.59 bits per heavy atom. The summed E-state index contributed by atoms with van der Waals surface area (Å²) in [5.41, 5.74) is 5.58. The largest absolute Gasteiger partial charge is 0.460 e. The number of nitrogens with zero attached hydrogens (tertiary/aromatic N) is 2. The quantitative estimate of drug-likeness (QED) is 0.372. The normalized spacial score (nSPS) is 12.0. The minimum atomic E-state index is -3.92. The summed E-state index contributed by atoms with van der Waals surface area (Å²) < 4.78 is 33.5. The molecule has 3 rings (SSSR count). The number of nitriles is 1. The molecule has 0 aliphatic heterocycles. The maximum Gasteiger partial charge on any atom is 0.259 e. The lowest BCUT2D eigenvalue weighted by Crippen LogP contribution is -2.30. The van der Waals surface area contributed by atoms with Gasteiger partial charge in [-0.25, -0.2) is 8.42 Å². The fourth-order valence-corrected chi connectivity index (χ4v) is 4.45. The molecule has 1 amide bonds. The summed E-state index contributed by atoms with van der Waals surface area (Å²) in [6, 6.07) is 17.4. The van der Waals surface area contributed by atoms with E-state index in [1.54, 1.807) is 36.4 Å². The van der Waals surface area contributed by atoms with Crippen LogP contribution in [0.15, 0.2) is 75.5 Å². The minimum Gasteiger partial charge on any atom is -0.460 e. The first-order valence-electron chi connectivity index (χ1n) is 9.19. The second-order valence-electron chi connectivity index (χ2n) is 6.69. The summed E-state index contributed by atoms with van der Waals surface area (Å²) >= 11 is 11.8. The van der Waals surface area contributed by atoms with E-state index in [0.29, 0.717) is 15.8 Å². The fraction of sp³-hybridized carbons (Fsp3) is 0.0909. The highest BCUT2D eigenvalue weighted by atomic mass is 35.5. The van der Waals surface area contributed by atoms with Crippen molar-refractivity contribution in [3.8, 4) is 6.07 Å². The zero-order valence-electron chi connectivity index (χ0n) is 16.5. The molecule has 10 heteroatoms. The molecular weight excluding hydrogens is 473 g/mol. The molecule has 0 unspecified atom stereocenters. The molecule has 2 N–H and O–H groups in total. The number of halogens is 2. The van der Waals surface area contributed by atoms with Crippen LogP contribution in [0.3, 0.4) is 0 Å². The van der Waals surface area contributed by atoms with Gasteiger partial charge in [-0.05, 0) is 54.1 Å². The number of sulfonamides is 1. The fourth-order valence-electron chi connectivity index (χ4n) is 2.81. The summed E-state index contributed by atoms with van der Waals surface area (Å²) in [5, 5.41) is 9.93. The Morgan fingerprint density at radius 3 is 2.16 bits per heavy atom. The smallest absolute Gasteiger partial charge is 0.259 e. The summed E-state index contributed by atoms with van der Waals surface area (Å²) in [7, 11) is -3.92. The topological polar surface area (TPSA) is 117 Å². The molecule has 32 heavy (non-hydrogen) atoms. The Morgan fingerprint density at radius 1 is 1.00 bits per heavy atom. The van der Waals surface area contributed by atoms with Crippen LogP contribution in [0.25, 0.3) is 6.08 Å². The van der Waals surface area contributed by atoms with Crippen LogP contribution in [-0.4, -0.2) is 18.6 Å². The van der Waals surface area contributed by atoms with Gasteiger partial charge in [0.15, 0.2) is 0 Å². The summed E-state index contributed by atoms with van der Waals surface area (Å²) in [6.07, 6.45) is 1.20. The Kier molecular flexibility index (Phi) is 7.38. The zero-order valence-corrected chi connectivity index (χ0v) is 18.9. The van der Waals surface area contributed by atoms with Gasteiger partial charge in [0, 0.05) is 22.7 Å². The van der Waals surface area contributed by atoms with Crippen LogP contribution in [-0.2, 0) is 27.9 Å². The molecule has 1 heterocycles. The van der Waals surface area contributed by atoms with E-state index in [0.717, 1.165) is 5.56 Å². The van der Waals surface area contributed by atoms with E-state index in [1.165, 1.54) is 40.7 Å². The number of nitrogens with two attached hydrogens (primary N) is 1. The van der Waals surface area contributed by atoms with E-state index in [-0.39, 0.29) is 29.3 Å². The van der Waals surface area contributed by atoms with Crippen molar-refractivity contribution in [3.63, 3.8) is 0 Å².